The van der Waals surface area contributed by atoms with Gasteiger partial charge < -0.3 is 20.3 Å². The quantitative estimate of drug-likeness (QED) is 0.0322. The van der Waals surface area contributed by atoms with Gasteiger partial charge in [0.25, 0.3) is 0 Å². The highest BCUT2D eigenvalue weighted by Gasteiger charge is 2.18. The van der Waals surface area contributed by atoms with Crippen molar-refractivity contribution in [3.8, 4) is 0 Å². The first-order valence-corrected chi connectivity index (χ1v) is 26.8. The van der Waals surface area contributed by atoms with Gasteiger partial charge in [0.15, 0.2) is 0 Å². The number of esters is 1. The molecule has 6 nitrogen and oxygen atoms in total. The molecule has 0 fully saturated rings. The average molecular weight is 858 g/mol. The molecule has 61 heavy (non-hydrogen) atoms. The molecule has 0 aromatic heterocycles. The van der Waals surface area contributed by atoms with Crippen molar-refractivity contribution in [2.45, 2.75) is 289 Å². The van der Waals surface area contributed by atoms with Crippen molar-refractivity contribution in [1.29, 1.82) is 0 Å². The summed E-state index contributed by atoms with van der Waals surface area (Å²) in [5, 5.41) is 23.0. The van der Waals surface area contributed by atoms with Crippen LogP contribution in [0.3, 0.4) is 0 Å². The molecule has 0 bridgehead atoms. The predicted molar refractivity (Wildman–Crippen MR) is 264 cm³/mol. The molecule has 0 aromatic carbocycles. The molecule has 0 rings (SSSR count). The minimum absolute atomic E-state index is 0.00964. The molecule has 0 heterocycles. The second-order valence-electron chi connectivity index (χ2n) is 18.2. The molecule has 0 radical (unpaired) electrons. The molecule has 0 saturated heterocycles. The maximum absolute atomic E-state index is 12.4. The molecule has 2 atom stereocenters. The number of hydrogen-bond donors (Lipinski definition) is 3. The summed E-state index contributed by atoms with van der Waals surface area (Å²) in [6.45, 7) is 4.85. The van der Waals surface area contributed by atoms with Gasteiger partial charge >= 0.3 is 5.97 Å². The van der Waals surface area contributed by atoms with Crippen LogP contribution >= 0.6 is 0 Å². The third-order valence-corrected chi connectivity index (χ3v) is 12.2. The van der Waals surface area contributed by atoms with Gasteiger partial charge in [0.05, 0.1) is 25.4 Å². The Hall–Kier alpha value is -1.92. The van der Waals surface area contributed by atoms with Crippen LogP contribution in [-0.4, -0.2) is 47.4 Å². The lowest BCUT2D eigenvalue weighted by Gasteiger charge is -2.20. The number of carbonyl (C=O) groups excluding carboxylic acids is 2. The van der Waals surface area contributed by atoms with E-state index in [0.717, 1.165) is 51.4 Å². The number of unbranched alkanes of at least 4 members (excludes halogenated alkanes) is 34. The van der Waals surface area contributed by atoms with Gasteiger partial charge in [0.1, 0.15) is 0 Å². The van der Waals surface area contributed by atoms with Gasteiger partial charge in [-0.3, -0.25) is 9.59 Å². The normalized spacial score (nSPS) is 12.9. The molecule has 1 amide bonds. The van der Waals surface area contributed by atoms with Crippen LogP contribution in [0.4, 0.5) is 0 Å². The van der Waals surface area contributed by atoms with E-state index in [0.29, 0.717) is 19.4 Å². The van der Waals surface area contributed by atoms with E-state index in [4.69, 9.17) is 4.74 Å². The minimum Gasteiger partial charge on any atom is -0.466 e. The van der Waals surface area contributed by atoms with Gasteiger partial charge in [-0.1, -0.05) is 237 Å². The standard InChI is InChI=1S/C55H103NO5/c1-3-5-7-9-11-13-15-16-17-22-25-29-33-37-41-45-49-55(60)61-50-46-42-38-34-30-26-23-20-18-19-21-24-28-32-36-40-44-48-54(59)56-52(51-57)53(58)47-43-39-35-31-27-14-12-10-8-6-4-2/h13,15,17,22,43,47,52-53,57-58H,3-12,14,16,18-21,23-42,44-46,48-51H2,1-2H3,(H,56,59)/b15-13-,22-17-,47-43+. The van der Waals surface area contributed by atoms with E-state index >= 15 is 0 Å². The second kappa shape index (κ2) is 50.7. The number of nitrogens with one attached hydrogen (secondary N) is 1. The highest BCUT2D eigenvalue weighted by atomic mass is 16.5. The maximum atomic E-state index is 12.4. The van der Waals surface area contributed by atoms with Crippen molar-refractivity contribution in [3.05, 3.63) is 36.5 Å². The van der Waals surface area contributed by atoms with Gasteiger partial charge in [-0.25, -0.2) is 0 Å². The molecule has 0 spiro atoms. The number of aliphatic hydroxyl groups excluding tert-OH is 2. The SMILES string of the molecule is CCCCCC/C=C\C/C=C\CCCCCCCC(=O)OCCCCCCCCCCCCCCCCCCCC(=O)NC(CO)C(O)/C=C/CCCCCCCCCCC. The number of carbonyl (C=O) groups is 2. The Balaban J connectivity index is 3.43. The number of amides is 1. The lowest BCUT2D eigenvalue weighted by Crippen LogP contribution is -2.45. The van der Waals surface area contributed by atoms with Crippen LogP contribution in [0.15, 0.2) is 36.5 Å². The monoisotopic (exact) mass is 858 g/mol. The number of hydrogen-bond acceptors (Lipinski definition) is 5. The Kier molecular flexibility index (Phi) is 49.1. The molecule has 0 saturated carbocycles. The number of aliphatic hydroxyl groups is 2. The number of rotatable bonds is 49. The van der Waals surface area contributed by atoms with Crippen LogP contribution < -0.4 is 5.32 Å². The summed E-state index contributed by atoms with van der Waals surface area (Å²) in [6, 6.07) is -0.631. The van der Waals surface area contributed by atoms with Crippen LogP contribution in [0.5, 0.6) is 0 Å². The first-order chi connectivity index (χ1) is 30.0. The zero-order valence-corrected chi connectivity index (χ0v) is 40.6. The molecule has 0 aromatic rings. The van der Waals surface area contributed by atoms with Crippen LogP contribution in [0.25, 0.3) is 0 Å². The zero-order chi connectivity index (χ0) is 44.4. The molecule has 6 heteroatoms. The van der Waals surface area contributed by atoms with E-state index in [1.807, 2.05) is 6.08 Å². The van der Waals surface area contributed by atoms with E-state index in [2.05, 4.69) is 43.5 Å². The Morgan fingerprint density at radius 1 is 0.459 bits per heavy atom. The largest absolute Gasteiger partial charge is 0.466 e. The van der Waals surface area contributed by atoms with Crippen molar-refractivity contribution in [2.75, 3.05) is 13.2 Å². The second-order valence-corrected chi connectivity index (χ2v) is 18.2. The average Bonchev–Trinajstić information content (AvgIpc) is 3.26. The van der Waals surface area contributed by atoms with E-state index in [-0.39, 0.29) is 18.5 Å². The summed E-state index contributed by atoms with van der Waals surface area (Å²) in [6.07, 6.45) is 61.5. The number of ether oxygens (including phenoxy) is 1. The molecule has 0 aliphatic heterocycles. The zero-order valence-electron chi connectivity index (χ0n) is 40.6. The van der Waals surface area contributed by atoms with Crippen molar-refractivity contribution >= 4 is 11.9 Å². The summed E-state index contributed by atoms with van der Waals surface area (Å²) >= 11 is 0. The lowest BCUT2D eigenvalue weighted by molar-refractivity contribution is -0.143. The van der Waals surface area contributed by atoms with Crippen LogP contribution in [0, 0.1) is 0 Å². The molecule has 0 aliphatic carbocycles. The van der Waals surface area contributed by atoms with Crippen molar-refractivity contribution in [1.82, 2.24) is 5.32 Å². The van der Waals surface area contributed by atoms with Crippen LogP contribution in [0.2, 0.25) is 0 Å². The Morgan fingerprint density at radius 3 is 1.26 bits per heavy atom. The summed E-state index contributed by atoms with van der Waals surface area (Å²) in [5.41, 5.74) is 0. The smallest absolute Gasteiger partial charge is 0.305 e. The van der Waals surface area contributed by atoms with Crippen LogP contribution in [0.1, 0.15) is 277 Å². The van der Waals surface area contributed by atoms with Gasteiger partial charge in [0.2, 0.25) is 5.91 Å². The highest BCUT2D eigenvalue weighted by Crippen LogP contribution is 2.16. The summed E-state index contributed by atoms with van der Waals surface area (Å²) in [5.74, 6) is -0.0851. The summed E-state index contributed by atoms with van der Waals surface area (Å²) < 4.78 is 5.47. The third-order valence-electron chi connectivity index (χ3n) is 12.2. The van der Waals surface area contributed by atoms with Crippen molar-refractivity contribution in [2.24, 2.45) is 0 Å². The fraction of sp³-hybridized carbons (Fsp3) is 0.855. The topological polar surface area (TPSA) is 95.9 Å². The Labute approximate surface area is 379 Å². The lowest BCUT2D eigenvalue weighted by atomic mass is 10.0. The maximum Gasteiger partial charge on any atom is 0.305 e. The first kappa shape index (κ1) is 59.1. The molecular weight excluding hydrogens is 755 g/mol. The third kappa shape index (κ3) is 47.4. The van der Waals surface area contributed by atoms with Gasteiger partial charge in [-0.05, 0) is 64.2 Å². The van der Waals surface area contributed by atoms with Gasteiger partial charge in [-0.2, -0.15) is 0 Å². The minimum atomic E-state index is -0.847. The molecular formula is C55H103NO5. The molecule has 0 aliphatic rings. The summed E-state index contributed by atoms with van der Waals surface area (Å²) in [4.78, 5) is 24.4. The highest BCUT2D eigenvalue weighted by molar-refractivity contribution is 5.76. The van der Waals surface area contributed by atoms with E-state index in [9.17, 15) is 19.8 Å². The van der Waals surface area contributed by atoms with E-state index in [1.165, 1.54) is 199 Å². The van der Waals surface area contributed by atoms with Gasteiger partial charge in [-0.15, -0.1) is 0 Å². The van der Waals surface area contributed by atoms with Crippen molar-refractivity contribution in [3.63, 3.8) is 0 Å². The Bertz CT molecular complexity index is 993. The predicted octanol–water partition coefficient (Wildman–Crippen LogP) is 16.1. The van der Waals surface area contributed by atoms with E-state index < -0.39 is 12.1 Å². The molecule has 3 N–H and O–H groups in total. The Morgan fingerprint density at radius 2 is 0.820 bits per heavy atom. The van der Waals surface area contributed by atoms with Crippen LogP contribution in [-0.2, 0) is 14.3 Å². The molecule has 358 valence electrons. The molecule has 2 unspecified atom stereocenters. The fourth-order valence-electron chi connectivity index (χ4n) is 8.02. The number of allylic oxidation sites excluding steroid dienone is 5. The first-order valence-electron chi connectivity index (χ1n) is 26.8. The van der Waals surface area contributed by atoms with Gasteiger partial charge in [0, 0.05) is 12.8 Å². The van der Waals surface area contributed by atoms with E-state index in [1.54, 1.807) is 6.08 Å². The summed E-state index contributed by atoms with van der Waals surface area (Å²) in [7, 11) is 0. The fourth-order valence-corrected chi connectivity index (χ4v) is 8.02. The van der Waals surface area contributed by atoms with Crippen molar-refractivity contribution < 1.29 is 24.5 Å².